The zero-order chi connectivity index (χ0) is 32.0. The van der Waals surface area contributed by atoms with Gasteiger partial charge in [-0.15, -0.1) is 5.41 Å². The van der Waals surface area contributed by atoms with Crippen LogP contribution in [0.3, 0.4) is 0 Å². The van der Waals surface area contributed by atoms with Crippen LogP contribution in [0.2, 0.25) is 0 Å². The van der Waals surface area contributed by atoms with Crippen molar-refractivity contribution in [1.82, 2.24) is 0 Å². The zero-order valence-corrected chi connectivity index (χ0v) is 28.1. The second-order valence-corrected chi connectivity index (χ2v) is 13.5. The summed E-state index contributed by atoms with van der Waals surface area (Å²) in [6.45, 7) is 4.50. The molecule has 3 nitrogen and oxygen atoms in total. The van der Waals surface area contributed by atoms with Crippen molar-refractivity contribution in [2.24, 2.45) is 0 Å². The first kappa shape index (κ1) is 38.7. The van der Waals surface area contributed by atoms with Crippen molar-refractivity contribution in [3.8, 4) is 0 Å². The molecule has 0 amide bonds. The Bertz CT molecular complexity index is 1520. The fourth-order valence-electron chi connectivity index (χ4n) is 4.21. The first-order valence-corrected chi connectivity index (χ1v) is 17.3. The second kappa shape index (κ2) is 22.9. The van der Waals surface area contributed by atoms with E-state index in [0.717, 1.165) is 6.42 Å². The van der Waals surface area contributed by atoms with E-state index in [0.29, 0.717) is 11.3 Å². The van der Waals surface area contributed by atoms with Crippen LogP contribution in [0.15, 0.2) is 162 Å². The van der Waals surface area contributed by atoms with Crippen LogP contribution in [-0.4, -0.2) is 8.42 Å². The third-order valence-corrected chi connectivity index (χ3v) is 10.2. The maximum Gasteiger partial charge on any atom is 2.00 e. The van der Waals surface area contributed by atoms with Crippen LogP contribution in [-0.2, 0) is 38.0 Å². The summed E-state index contributed by atoms with van der Waals surface area (Å²) in [6.07, 6.45) is 14.2. The molecule has 231 valence electrons. The summed E-state index contributed by atoms with van der Waals surface area (Å²) in [7, 11) is -3.80. The van der Waals surface area contributed by atoms with Gasteiger partial charge in [-0.1, -0.05) is 152 Å². The molecule has 0 atom stereocenters. The second-order valence-electron chi connectivity index (χ2n) is 9.47. The third kappa shape index (κ3) is 13.9. The Morgan fingerprint density at radius 3 is 1.24 bits per heavy atom. The van der Waals surface area contributed by atoms with Gasteiger partial charge >= 0.3 is 28.4 Å². The predicted molar refractivity (Wildman–Crippen MR) is 187 cm³/mol. The van der Waals surface area contributed by atoms with Crippen LogP contribution >= 0.6 is 7.92 Å². The number of aryl methyl sites for hydroxylation is 1. The average molecular weight is 683 g/mol. The van der Waals surface area contributed by atoms with Gasteiger partial charge in [0, 0.05) is 0 Å². The van der Waals surface area contributed by atoms with E-state index in [1.807, 2.05) is 62.4 Å². The number of sulfone groups is 1. The van der Waals surface area contributed by atoms with E-state index in [-0.39, 0.29) is 17.1 Å². The van der Waals surface area contributed by atoms with Crippen LogP contribution in [0.5, 0.6) is 0 Å². The maximum atomic E-state index is 11.9. The predicted octanol–water partition coefficient (Wildman–Crippen LogP) is 7.84. The van der Waals surface area contributed by atoms with E-state index in [1.165, 1.54) is 26.9 Å². The Morgan fingerprint density at radius 1 is 0.543 bits per heavy atom. The fourth-order valence-corrected chi connectivity index (χ4v) is 7.52. The van der Waals surface area contributed by atoms with E-state index >= 15 is 0 Å². The molecule has 5 aromatic rings. The molecule has 0 aromatic heterocycles. The monoisotopic (exact) mass is 682 g/mol. The summed E-state index contributed by atoms with van der Waals surface area (Å²) in [5, 5.41) is 5.37. The van der Waals surface area contributed by atoms with Crippen LogP contribution < -0.4 is 15.9 Å². The van der Waals surface area contributed by atoms with Crippen LogP contribution in [0.25, 0.3) is 0 Å². The summed E-state index contributed by atoms with van der Waals surface area (Å²) in [5.74, 6) is 0. The maximum absolute atomic E-state index is 11.9. The molecule has 0 heterocycles. The Hall–Kier alpha value is -3.52. The average Bonchev–Trinajstić information content (AvgIpc) is 3.71. The number of benzene rings is 5. The molecule has 0 N–H and O–H groups in total. The van der Waals surface area contributed by atoms with Crippen molar-refractivity contribution >= 4 is 33.7 Å². The van der Waals surface area contributed by atoms with Gasteiger partial charge in [0.25, 0.3) is 0 Å². The molecule has 1 aliphatic rings. The molecule has 0 unspecified atom stereocenters. The third-order valence-electron chi connectivity index (χ3n) is 6.31. The molecule has 6 rings (SSSR count). The molecule has 5 radical (unpaired) electrons. The topological polar surface area (TPSA) is 54.0 Å². The van der Waals surface area contributed by atoms with Gasteiger partial charge in [-0.3, -0.25) is 0 Å². The standard InChI is InChI=1S/C18H15P.C16H15O2S.C5H5.CO.Fe/c1-4-10-16(11-5-1)19(17-12-6-2-7-13-17)18-14-8-3-9-15-18;17-19(18,16-12-5-2-6-13-16)14-8-7-11-15-9-3-1-4-10-15;1-2-4-5-3-1;1-2;/h1-15H;1-6,9-10,12-14H,7,11H2;1-5H;;/q;-1;;;+2. The Labute approximate surface area is 287 Å². The van der Waals surface area contributed by atoms with Gasteiger partial charge in [0.1, 0.15) is 0 Å². The number of hydrogen-bond donors (Lipinski definition) is 0. The van der Waals surface area contributed by atoms with Crippen molar-refractivity contribution in [2.45, 2.75) is 17.7 Å². The van der Waals surface area contributed by atoms with Crippen molar-refractivity contribution in [2.75, 3.05) is 0 Å². The van der Waals surface area contributed by atoms with Crippen LogP contribution in [0, 0.1) is 44.8 Å². The van der Waals surface area contributed by atoms with Crippen molar-refractivity contribution < 1.29 is 30.1 Å². The minimum absolute atomic E-state index is 0. The molecule has 0 saturated heterocycles. The molecule has 6 heteroatoms. The Morgan fingerprint density at radius 2 is 0.870 bits per heavy atom. The van der Waals surface area contributed by atoms with Crippen molar-refractivity contribution in [1.29, 1.82) is 0 Å². The number of allylic oxidation sites excluding steroid dienone is 1. The fraction of sp³-hybridized carbons (Fsp3) is 0.0500. The quantitative estimate of drug-likeness (QED) is 0.0726. The SMILES string of the molecule is O=S(=O)(C=[C-]CCc1ccccc1)c1ccccc1.[C-]#[O+].[CH]1[CH][CH][CH][CH]1.[Fe+2].c1ccc(P(c2ccccc2)c2ccccc2)cc1. The van der Waals surface area contributed by atoms with E-state index in [1.54, 1.807) is 30.3 Å². The number of hydrogen-bond acceptors (Lipinski definition) is 2. The summed E-state index contributed by atoms with van der Waals surface area (Å²) >= 11 is 0. The summed E-state index contributed by atoms with van der Waals surface area (Å²) in [5.41, 5.74) is 1.18. The Kier molecular flexibility index (Phi) is 19.2. The molecule has 0 aliphatic heterocycles. The van der Waals surface area contributed by atoms with Crippen LogP contribution in [0.4, 0.5) is 0 Å². The van der Waals surface area contributed by atoms with Gasteiger partial charge in [-0.25, -0.2) is 8.42 Å². The molecular weight excluding hydrogens is 647 g/mol. The minimum Gasteiger partial charge on any atom is -0.0622 e. The molecule has 1 aliphatic carbocycles. The van der Waals surface area contributed by atoms with Gasteiger partial charge < -0.3 is 6.08 Å². The number of rotatable bonds is 8. The van der Waals surface area contributed by atoms with Gasteiger partial charge in [0.05, 0.1) is 4.90 Å². The first-order valence-electron chi connectivity index (χ1n) is 14.4. The van der Waals surface area contributed by atoms with Gasteiger partial charge in [-0.2, -0.15) is 6.42 Å². The molecule has 46 heavy (non-hydrogen) atoms. The minimum atomic E-state index is -3.35. The van der Waals surface area contributed by atoms with Crippen molar-refractivity contribution in [3.63, 3.8) is 0 Å². The smallest absolute Gasteiger partial charge is 0.0622 e. The summed E-state index contributed by atoms with van der Waals surface area (Å²) < 4.78 is 31.4. The molecular formula is C40H35FeO3PS+. The first-order chi connectivity index (χ1) is 22.1. The summed E-state index contributed by atoms with van der Waals surface area (Å²) in [6, 6.07) is 50.7. The molecule has 1 fully saturated rings. The largest absolute Gasteiger partial charge is 2.00 e. The van der Waals surface area contributed by atoms with Crippen molar-refractivity contribution in [3.05, 3.63) is 207 Å². The molecule has 0 spiro atoms. The summed E-state index contributed by atoms with van der Waals surface area (Å²) in [4.78, 5) is 0.308. The Balaban J connectivity index is 0.000000261. The van der Waals surface area contributed by atoms with Crippen LogP contribution in [0.1, 0.15) is 12.0 Å². The van der Waals surface area contributed by atoms with E-state index < -0.39 is 17.8 Å². The molecule has 1 saturated carbocycles. The van der Waals surface area contributed by atoms with E-state index in [9.17, 15) is 8.42 Å². The zero-order valence-electron chi connectivity index (χ0n) is 25.2. The van der Waals surface area contributed by atoms with Gasteiger partial charge in [0.2, 0.25) is 0 Å². The van der Waals surface area contributed by atoms with E-state index in [2.05, 4.69) is 104 Å². The van der Waals surface area contributed by atoms with Gasteiger partial charge in [0.15, 0.2) is 9.84 Å². The van der Waals surface area contributed by atoms with Gasteiger partial charge in [-0.05, 0) is 68.1 Å². The normalized spacial score (nSPS) is 11.9. The molecule has 0 bridgehead atoms. The van der Waals surface area contributed by atoms with E-state index in [4.69, 9.17) is 4.65 Å². The molecule has 5 aromatic carbocycles.